The summed E-state index contributed by atoms with van der Waals surface area (Å²) in [6.45, 7) is 0.508. The summed E-state index contributed by atoms with van der Waals surface area (Å²) < 4.78 is 0.885. The molecule has 0 aromatic heterocycles. The zero-order chi connectivity index (χ0) is 12.4. The zero-order valence-electron chi connectivity index (χ0n) is 9.27. The van der Waals surface area contributed by atoms with Gasteiger partial charge in [-0.3, -0.25) is 4.90 Å². The van der Waals surface area contributed by atoms with Gasteiger partial charge in [-0.1, -0.05) is 21.1 Å². The van der Waals surface area contributed by atoms with Crippen LogP contribution in [-0.4, -0.2) is 30.5 Å². The van der Waals surface area contributed by atoms with Crippen LogP contribution in [0.25, 0.3) is 0 Å². The van der Waals surface area contributed by atoms with E-state index in [-0.39, 0.29) is 6.03 Å². The van der Waals surface area contributed by atoms with Crippen LogP contribution in [0.3, 0.4) is 0 Å². The summed E-state index contributed by atoms with van der Waals surface area (Å²) in [6.07, 6.45) is 0.535. The van der Waals surface area contributed by atoms with Gasteiger partial charge in [0.2, 0.25) is 0 Å². The lowest BCUT2D eigenvalue weighted by atomic mass is 10.00. The number of hydrogen-bond donors (Lipinski definition) is 2. The number of amides is 2. The molecule has 0 unspecified atom stereocenters. The molecular weight excluding hydrogens is 286 g/mol. The minimum Gasteiger partial charge on any atom is -0.411 e. The first-order valence-corrected chi connectivity index (χ1v) is 5.96. The highest BCUT2D eigenvalue weighted by molar-refractivity contribution is 9.10. The first-order valence-electron chi connectivity index (χ1n) is 5.17. The minimum atomic E-state index is -0.162. The van der Waals surface area contributed by atoms with E-state index in [9.17, 15) is 4.79 Å². The highest BCUT2D eigenvalue weighted by Gasteiger charge is 2.25. The number of nitrogens with one attached hydrogen (secondary N) is 1. The van der Waals surface area contributed by atoms with Gasteiger partial charge < -0.3 is 10.5 Å². The van der Waals surface area contributed by atoms with Crippen LogP contribution in [0.15, 0.2) is 27.8 Å². The second-order valence-corrected chi connectivity index (χ2v) is 4.58. The molecule has 0 saturated heterocycles. The summed E-state index contributed by atoms with van der Waals surface area (Å²) in [4.78, 5) is 13.3. The number of rotatable bonds is 0. The van der Waals surface area contributed by atoms with Gasteiger partial charge in [-0.25, -0.2) is 4.79 Å². The molecule has 0 atom stereocenters. The number of urea groups is 1. The lowest BCUT2D eigenvalue weighted by Gasteiger charge is -2.29. The van der Waals surface area contributed by atoms with Gasteiger partial charge in [0, 0.05) is 30.0 Å². The molecule has 1 aliphatic heterocycles. The van der Waals surface area contributed by atoms with Gasteiger partial charge in [0.25, 0.3) is 0 Å². The molecule has 1 aromatic rings. The van der Waals surface area contributed by atoms with Gasteiger partial charge in [0.1, 0.15) is 0 Å². The molecule has 0 radical (unpaired) electrons. The van der Waals surface area contributed by atoms with Crippen LogP contribution in [0.1, 0.15) is 12.0 Å². The number of oxime groups is 1. The fourth-order valence-electron chi connectivity index (χ4n) is 1.90. The van der Waals surface area contributed by atoms with Crippen molar-refractivity contribution in [3.05, 3.63) is 28.2 Å². The first-order chi connectivity index (χ1) is 8.17. The van der Waals surface area contributed by atoms with Crippen molar-refractivity contribution in [2.24, 2.45) is 5.16 Å². The predicted molar refractivity (Wildman–Crippen MR) is 68.9 cm³/mol. The van der Waals surface area contributed by atoms with Crippen LogP contribution >= 0.6 is 15.9 Å². The second-order valence-electron chi connectivity index (χ2n) is 3.66. The Hall–Kier alpha value is -1.56. The standard InChI is InChI=1S/C11H12BrN3O2/c1-13-11(16)15-5-4-9(14-17)8-6-7(12)2-3-10(8)15/h2-3,6,17H,4-5H2,1H3,(H,13,16)/b14-9+. The predicted octanol–water partition coefficient (Wildman–Crippen LogP) is 2.18. The molecule has 0 saturated carbocycles. The van der Waals surface area contributed by atoms with E-state index >= 15 is 0 Å². The van der Waals surface area contributed by atoms with Crippen LogP contribution in [-0.2, 0) is 0 Å². The number of anilines is 1. The number of hydrogen-bond acceptors (Lipinski definition) is 3. The molecule has 1 aliphatic rings. The SMILES string of the molecule is CNC(=O)N1CC/C(=N\O)c2cc(Br)ccc21. The van der Waals surface area contributed by atoms with Crippen molar-refractivity contribution in [3.63, 3.8) is 0 Å². The molecule has 0 aliphatic carbocycles. The number of fused-ring (bicyclic) bond motifs is 1. The third-order valence-corrected chi connectivity index (χ3v) is 3.21. The minimum absolute atomic E-state index is 0.162. The fourth-order valence-corrected chi connectivity index (χ4v) is 2.26. The molecule has 90 valence electrons. The Kier molecular flexibility index (Phi) is 3.33. The van der Waals surface area contributed by atoms with E-state index in [0.717, 1.165) is 15.7 Å². The zero-order valence-corrected chi connectivity index (χ0v) is 10.9. The average molecular weight is 298 g/mol. The van der Waals surface area contributed by atoms with Crippen molar-refractivity contribution < 1.29 is 10.0 Å². The van der Waals surface area contributed by atoms with Crippen molar-refractivity contribution in [1.82, 2.24) is 5.32 Å². The molecule has 2 N–H and O–H groups in total. The second kappa shape index (κ2) is 4.75. The Morgan fingerprint density at radius 1 is 1.59 bits per heavy atom. The highest BCUT2D eigenvalue weighted by Crippen LogP contribution is 2.30. The molecule has 5 nitrogen and oxygen atoms in total. The number of nitrogens with zero attached hydrogens (tertiary/aromatic N) is 2. The van der Waals surface area contributed by atoms with E-state index in [1.54, 1.807) is 11.9 Å². The van der Waals surface area contributed by atoms with Crippen LogP contribution < -0.4 is 10.2 Å². The molecule has 2 rings (SSSR count). The maximum absolute atomic E-state index is 11.7. The highest BCUT2D eigenvalue weighted by atomic mass is 79.9. The summed E-state index contributed by atoms with van der Waals surface area (Å²) in [7, 11) is 1.59. The normalized spacial score (nSPS) is 16.8. The van der Waals surface area contributed by atoms with Crippen LogP contribution in [0.5, 0.6) is 0 Å². The molecule has 1 aromatic carbocycles. The van der Waals surface area contributed by atoms with Crippen molar-refractivity contribution >= 4 is 33.4 Å². The molecule has 6 heteroatoms. The Balaban J connectivity index is 2.51. The quantitative estimate of drug-likeness (QED) is 0.569. The van der Waals surface area contributed by atoms with Gasteiger partial charge in [0.15, 0.2) is 0 Å². The lowest BCUT2D eigenvalue weighted by molar-refractivity contribution is 0.248. The van der Waals surface area contributed by atoms with E-state index in [0.29, 0.717) is 18.7 Å². The van der Waals surface area contributed by atoms with Gasteiger partial charge in [0.05, 0.1) is 11.4 Å². The molecule has 0 bridgehead atoms. The number of carbonyl (C=O) groups is 1. The summed E-state index contributed by atoms with van der Waals surface area (Å²) >= 11 is 3.37. The summed E-state index contributed by atoms with van der Waals surface area (Å²) in [5.74, 6) is 0. The van der Waals surface area contributed by atoms with Crippen molar-refractivity contribution in [3.8, 4) is 0 Å². The topological polar surface area (TPSA) is 64.9 Å². The Bertz CT molecular complexity index is 488. The molecule has 2 amide bonds. The Morgan fingerprint density at radius 3 is 3.00 bits per heavy atom. The molecular formula is C11H12BrN3O2. The molecule has 0 spiro atoms. The maximum atomic E-state index is 11.7. The van der Waals surface area contributed by atoms with Crippen LogP contribution in [0.2, 0.25) is 0 Å². The van der Waals surface area contributed by atoms with Crippen LogP contribution in [0.4, 0.5) is 10.5 Å². The third kappa shape index (κ3) is 2.12. The number of carbonyl (C=O) groups excluding carboxylic acids is 1. The van der Waals surface area contributed by atoms with Crippen LogP contribution in [0, 0.1) is 0 Å². The van der Waals surface area contributed by atoms with Gasteiger partial charge in [-0.05, 0) is 18.2 Å². The fraction of sp³-hybridized carbons (Fsp3) is 0.273. The van der Waals surface area contributed by atoms with Crippen molar-refractivity contribution in [1.29, 1.82) is 0 Å². The van der Waals surface area contributed by atoms with Crippen molar-refractivity contribution in [2.45, 2.75) is 6.42 Å². The van der Waals surface area contributed by atoms with Gasteiger partial charge in [-0.15, -0.1) is 0 Å². The van der Waals surface area contributed by atoms with E-state index < -0.39 is 0 Å². The molecule has 17 heavy (non-hydrogen) atoms. The van der Waals surface area contributed by atoms with E-state index in [4.69, 9.17) is 5.21 Å². The van der Waals surface area contributed by atoms with E-state index in [1.165, 1.54) is 0 Å². The lowest BCUT2D eigenvalue weighted by Crippen LogP contribution is -2.42. The third-order valence-electron chi connectivity index (χ3n) is 2.71. The average Bonchev–Trinajstić information content (AvgIpc) is 2.36. The smallest absolute Gasteiger partial charge is 0.321 e. The first kappa shape index (κ1) is 11.9. The monoisotopic (exact) mass is 297 g/mol. The Labute approximate surface area is 107 Å². The van der Waals surface area contributed by atoms with Crippen molar-refractivity contribution in [2.75, 3.05) is 18.5 Å². The number of benzene rings is 1. The molecule has 1 heterocycles. The van der Waals surface area contributed by atoms with Gasteiger partial charge in [-0.2, -0.15) is 0 Å². The van der Waals surface area contributed by atoms with E-state index in [2.05, 4.69) is 26.4 Å². The largest absolute Gasteiger partial charge is 0.411 e. The Morgan fingerprint density at radius 2 is 2.35 bits per heavy atom. The van der Waals surface area contributed by atoms with E-state index in [1.807, 2.05) is 18.2 Å². The summed E-state index contributed by atoms with van der Waals surface area (Å²) in [5.41, 5.74) is 2.13. The number of halogens is 1. The summed E-state index contributed by atoms with van der Waals surface area (Å²) in [6, 6.07) is 5.37. The van der Waals surface area contributed by atoms with Gasteiger partial charge >= 0.3 is 6.03 Å². The summed E-state index contributed by atoms with van der Waals surface area (Å²) in [5, 5.41) is 14.8. The maximum Gasteiger partial charge on any atom is 0.321 e. The molecule has 0 fully saturated rings.